The summed E-state index contributed by atoms with van der Waals surface area (Å²) in [6.07, 6.45) is 0. The normalized spacial score (nSPS) is 29.5. The lowest BCUT2D eigenvalue weighted by molar-refractivity contribution is -0.125. The number of amides is 2. The first-order valence-electron chi connectivity index (χ1n) is 5.45. The van der Waals surface area contributed by atoms with Crippen LogP contribution in [0.2, 0.25) is 0 Å². The minimum absolute atomic E-state index is 0.115. The molecule has 0 bridgehead atoms. The highest BCUT2D eigenvalue weighted by Gasteiger charge is 2.72. The van der Waals surface area contributed by atoms with Gasteiger partial charge in [-0.05, 0) is 33.5 Å². The van der Waals surface area contributed by atoms with Crippen molar-refractivity contribution in [3.05, 3.63) is 22.8 Å². The summed E-state index contributed by atoms with van der Waals surface area (Å²) in [7, 11) is 0. The average Bonchev–Trinajstić information content (AvgIpc) is 2.68. The highest BCUT2D eigenvalue weighted by molar-refractivity contribution is 9.10. The third-order valence-electron chi connectivity index (χ3n) is 3.73. The van der Waals surface area contributed by atoms with Crippen molar-refractivity contribution in [1.82, 2.24) is 4.98 Å². The Balaban J connectivity index is 1.98. The van der Waals surface area contributed by atoms with Crippen molar-refractivity contribution in [3.63, 3.8) is 0 Å². The molecule has 2 unspecified atom stereocenters. The Hall–Kier alpha value is -1.23. The number of aromatic nitrogens is 1. The van der Waals surface area contributed by atoms with E-state index in [1.165, 1.54) is 4.90 Å². The van der Waals surface area contributed by atoms with Gasteiger partial charge in [-0.25, -0.2) is 9.88 Å². The van der Waals surface area contributed by atoms with E-state index in [2.05, 4.69) is 20.9 Å². The van der Waals surface area contributed by atoms with Crippen LogP contribution < -0.4 is 4.90 Å². The van der Waals surface area contributed by atoms with Crippen LogP contribution in [-0.2, 0) is 9.59 Å². The molecule has 1 aliphatic carbocycles. The second-order valence-electron chi connectivity index (χ2n) is 5.11. The lowest BCUT2D eigenvalue weighted by atomic mass is 10.1. The first-order valence-corrected chi connectivity index (χ1v) is 6.24. The van der Waals surface area contributed by atoms with Gasteiger partial charge in [0.05, 0.1) is 11.8 Å². The molecule has 5 heteroatoms. The number of pyridine rings is 1. The molecule has 17 heavy (non-hydrogen) atoms. The molecule has 1 aromatic rings. The molecule has 1 aliphatic heterocycles. The van der Waals surface area contributed by atoms with Crippen LogP contribution in [0.1, 0.15) is 13.8 Å². The van der Waals surface area contributed by atoms with Crippen LogP contribution in [0.5, 0.6) is 0 Å². The van der Waals surface area contributed by atoms with Crippen LogP contribution in [0.25, 0.3) is 0 Å². The Morgan fingerprint density at radius 2 is 1.82 bits per heavy atom. The van der Waals surface area contributed by atoms with Crippen molar-refractivity contribution >= 4 is 33.6 Å². The molecule has 2 heterocycles. The number of hydrogen-bond donors (Lipinski definition) is 0. The summed E-state index contributed by atoms with van der Waals surface area (Å²) in [5.41, 5.74) is -0.170. The zero-order valence-electron chi connectivity index (χ0n) is 9.48. The summed E-state index contributed by atoms with van der Waals surface area (Å²) in [5.74, 6) is -0.130. The Morgan fingerprint density at radius 1 is 1.24 bits per heavy atom. The topological polar surface area (TPSA) is 50.3 Å². The van der Waals surface area contributed by atoms with Gasteiger partial charge in [-0.15, -0.1) is 0 Å². The van der Waals surface area contributed by atoms with Gasteiger partial charge < -0.3 is 0 Å². The van der Waals surface area contributed by atoms with Gasteiger partial charge in [0.25, 0.3) is 0 Å². The second kappa shape index (κ2) is 3.16. The standard InChI is InChI=1S/C12H11BrN2O2/c1-12(2)8-9(12)11(17)15(10(8)16)7-5-3-4-6(13)14-7/h3-5,8-9H,1-2H3. The molecule has 1 aromatic heterocycles. The third kappa shape index (κ3) is 1.32. The van der Waals surface area contributed by atoms with Gasteiger partial charge in [0.15, 0.2) is 0 Å². The second-order valence-corrected chi connectivity index (χ2v) is 5.92. The highest BCUT2D eigenvalue weighted by Crippen LogP contribution is 2.63. The summed E-state index contributed by atoms with van der Waals surface area (Å²) >= 11 is 3.24. The van der Waals surface area contributed by atoms with Crippen molar-refractivity contribution in [3.8, 4) is 0 Å². The van der Waals surface area contributed by atoms with Gasteiger partial charge in [-0.3, -0.25) is 9.59 Å². The molecular formula is C12H11BrN2O2. The summed E-state index contributed by atoms with van der Waals surface area (Å²) in [5, 5.41) is 0. The number of carbonyl (C=O) groups is 2. The minimum atomic E-state index is -0.170. The smallest absolute Gasteiger partial charge is 0.239 e. The van der Waals surface area contributed by atoms with Crippen LogP contribution in [0.3, 0.4) is 0 Å². The predicted octanol–water partition coefficient (Wildman–Crippen LogP) is 1.99. The van der Waals surface area contributed by atoms with Crippen molar-refractivity contribution in [2.45, 2.75) is 13.8 Å². The summed E-state index contributed by atoms with van der Waals surface area (Å²) in [6.45, 7) is 3.92. The number of rotatable bonds is 1. The van der Waals surface area contributed by atoms with E-state index in [0.717, 1.165) is 0 Å². The Bertz CT molecular complexity index is 517. The molecule has 0 N–H and O–H groups in total. The van der Waals surface area contributed by atoms with Gasteiger partial charge in [-0.2, -0.15) is 0 Å². The number of imide groups is 1. The van der Waals surface area contributed by atoms with E-state index in [4.69, 9.17) is 0 Å². The largest absolute Gasteiger partial charge is 0.274 e. The molecule has 0 spiro atoms. The maximum atomic E-state index is 12.1. The maximum Gasteiger partial charge on any atom is 0.239 e. The van der Waals surface area contributed by atoms with Crippen molar-refractivity contribution in [2.24, 2.45) is 17.3 Å². The molecular weight excluding hydrogens is 284 g/mol. The van der Waals surface area contributed by atoms with Crippen LogP contribution in [0, 0.1) is 17.3 Å². The molecule has 0 aromatic carbocycles. The van der Waals surface area contributed by atoms with Gasteiger partial charge in [0, 0.05) is 0 Å². The molecule has 88 valence electrons. The number of anilines is 1. The maximum absolute atomic E-state index is 12.1. The van der Waals surface area contributed by atoms with Gasteiger partial charge in [0.2, 0.25) is 11.8 Å². The predicted molar refractivity (Wildman–Crippen MR) is 65.2 cm³/mol. The zero-order valence-corrected chi connectivity index (χ0v) is 11.1. The number of halogens is 1. The van der Waals surface area contributed by atoms with Crippen LogP contribution >= 0.6 is 15.9 Å². The van der Waals surface area contributed by atoms with Crippen LogP contribution in [-0.4, -0.2) is 16.8 Å². The van der Waals surface area contributed by atoms with Crippen LogP contribution in [0.15, 0.2) is 22.8 Å². The van der Waals surface area contributed by atoms with E-state index >= 15 is 0 Å². The monoisotopic (exact) mass is 294 g/mol. The average molecular weight is 295 g/mol. The van der Waals surface area contributed by atoms with Crippen LogP contribution in [0.4, 0.5) is 5.82 Å². The quantitative estimate of drug-likeness (QED) is 0.588. The van der Waals surface area contributed by atoms with Gasteiger partial charge in [-0.1, -0.05) is 19.9 Å². The third-order valence-corrected chi connectivity index (χ3v) is 4.17. The highest BCUT2D eigenvalue weighted by atomic mass is 79.9. The molecule has 1 saturated carbocycles. The Kier molecular flexibility index (Phi) is 2.03. The first-order chi connectivity index (χ1) is 7.94. The number of carbonyl (C=O) groups excluding carboxylic acids is 2. The summed E-state index contributed by atoms with van der Waals surface area (Å²) in [6, 6.07) is 5.21. The van der Waals surface area contributed by atoms with E-state index in [1.807, 2.05) is 13.8 Å². The van der Waals surface area contributed by atoms with Crippen molar-refractivity contribution in [1.29, 1.82) is 0 Å². The molecule has 2 aliphatic rings. The Labute approximate surface area is 107 Å². The molecule has 4 nitrogen and oxygen atoms in total. The molecule has 2 amide bonds. The van der Waals surface area contributed by atoms with E-state index in [1.54, 1.807) is 18.2 Å². The van der Waals surface area contributed by atoms with E-state index in [9.17, 15) is 9.59 Å². The SMILES string of the molecule is CC1(C)C2C(=O)N(c3cccc(Br)n3)C(=O)C21. The summed E-state index contributed by atoms with van der Waals surface area (Å²) < 4.78 is 0.621. The summed E-state index contributed by atoms with van der Waals surface area (Å²) in [4.78, 5) is 29.6. The van der Waals surface area contributed by atoms with Crippen molar-refractivity contribution < 1.29 is 9.59 Å². The van der Waals surface area contributed by atoms with Gasteiger partial charge >= 0.3 is 0 Å². The molecule has 3 rings (SSSR count). The number of piperidine rings is 1. The fraction of sp³-hybridized carbons (Fsp3) is 0.417. The van der Waals surface area contributed by atoms with E-state index in [-0.39, 0.29) is 29.1 Å². The fourth-order valence-electron chi connectivity index (χ4n) is 2.69. The number of fused-ring (bicyclic) bond motifs is 1. The van der Waals surface area contributed by atoms with Gasteiger partial charge in [0.1, 0.15) is 10.4 Å². The first kappa shape index (κ1) is 10.9. The Morgan fingerprint density at radius 3 is 2.35 bits per heavy atom. The molecule has 0 radical (unpaired) electrons. The fourth-order valence-corrected chi connectivity index (χ4v) is 3.03. The van der Waals surface area contributed by atoms with E-state index in [0.29, 0.717) is 10.4 Å². The lowest BCUT2D eigenvalue weighted by Gasteiger charge is -2.19. The molecule has 2 fully saturated rings. The van der Waals surface area contributed by atoms with Crippen molar-refractivity contribution in [2.75, 3.05) is 4.90 Å². The van der Waals surface area contributed by atoms with E-state index < -0.39 is 0 Å². The molecule has 1 saturated heterocycles. The number of hydrogen-bond acceptors (Lipinski definition) is 3. The molecule has 2 atom stereocenters. The lowest BCUT2D eigenvalue weighted by Crippen LogP contribution is -2.36. The zero-order chi connectivity index (χ0) is 12.4. The minimum Gasteiger partial charge on any atom is -0.274 e. The number of nitrogens with zero attached hydrogens (tertiary/aromatic N) is 2.